The van der Waals surface area contributed by atoms with Crippen molar-refractivity contribution in [2.45, 2.75) is 46.0 Å². The van der Waals surface area contributed by atoms with Crippen LogP contribution >= 0.6 is 0 Å². The summed E-state index contributed by atoms with van der Waals surface area (Å²) < 4.78 is 5.39. The van der Waals surface area contributed by atoms with Crippen molar-refractivity contribution in [1.82, 2.24) is 4.90 Å². The number of morpholine rings is 1. The normalized spacial score (nSPS) is 14.1. The monoisotopic (exact) mass is 451 g/mol. The van der Waals surface area contributed by atoms with E-state index in [4.69, 9.17) is 4.74 Å². The van der Waals surface area contributed by atoms with Gasteiger partial charge in [0, 0.05) is 37.4 Å². The fraction of sp³-hybridized carbons (Fsp3) is 0.481. The van der Waals surface area contributed by atoms with Gasteiger partial charge in [-0.25, -0.2) is 0 Å². The number of nitrogens with one attached hydrogen (secondary N) is 1. The lowest BCUT2D eigenvalue weighted by Crippen LogP contribution is -2.38. The molecule has 1 aliphatic heterocycles. The summed E-state index contributed by atoms with van der Waals surface area (Å²) in [5.41, 5.74) is 4.39. The standard InChI is InChI=1S/C27H37N3O3/c1-5-29(26(32)15-8-21-6-9-22(10-7-21)27(2,3)4)20-25(31)28-23-11-13-24(14-12-23)30-16-18-33-19-17-30/h6-7,9-14H,5,8,15-20H2,1-4H3,(H,28,31). The van der Waals surface area contributed by atoms with E-state index in [0.717, 1.165) is 43.2 Å². The molecule has 1 heterocycles. The molecule has 6 heteroatoms. The molecule has 0 aromatic heterocycles. The van der Waals surface area contributed by atoms with Gasteiger partial charge >= 0.3 is 0 Å². The topological polar surface area (TPSA) is 61.9 Å². The number of anilines is 2. The molecule has 33 heavy (non-hydrogen) atoms. The maximum Gasteiger partial charge on any atom is 0.243 e. The number of amides is 2. The number of carbonyl (C=O) groups excluding carboxylic acids is 2. The van der Waals surface area contributed by atoms with Crippen LogP contribution in [0.15, 0.2) is 48.5 Å². The predicted molar refractivity (Wildman–Crippen MR) is 134 cm³/mol. The van der Waals surface area contributed by atoms with E-state index < -0.39 is 0 Å². The second-order valence-corrected chi connectivity index (χ2v) is 9.55. The minimum atomic E-state index is -0.182. The molecule has 1 N–H and O–H groups in total. The van der Waals surface area contributed by atoms with Crippen LogP contribution < -0.4 is 10.2 Å². The first-order valence-corrected chi connectivity index (χ1v) is 11.9. The number of benzene rings is 2. The Morgan fingerprint density at radius 1 is 1.00 bits per heavy atom. The van der Waals surface area contributed by atoms with Crippen LogP contribution in [-0.4, -0.2) is 56.1 Å². The summed E-state index contributed by atoms with van der Waals surface area (Å²) in [6.07, 6.45) is 1.06. The third kappa shape index (κ3) is 7.32. The molecule has 2 aromatic carbocycles. The molecule has 0 unspecified atom stereocenters. The van der Waals surface area contributed by atoms with Crippen LogP contribution in [0.2, 0.25) is 0 Å². The van der Waals surface area contributed by atoms with E-state index in [0.29, 0.717) is 19.4 Å². The van der Waals surface area contributed by atoms with E-state index in [1.54, 1.807) is 4.90 Å². The SMILES string of the molecule is CCN(CC(=O)Nc1ccc(N2CCOCC2)cc1)C(=O)CCc1ccc(C(C)(C)C)cc1. The molecule has 1 fully saturated rings. The Hall–Kier alpha value is -2.86. The summed E-state index contributed by atoms with van der Waals surface area (Å²) in [5, 5.41) is 2.91. The highest BCUT2D eigenvalue weighted by Crippen LogP contribution is 2.22. The maximum atomic E-state index is 12.7. The van der Waals surface area contributed by atoms with Crippen LogP contribution in [0.25, 0.3) is 0 Å². The molecular formula is C27H37N3O3. The molecule has 3 rings (SSSR count). The van der Waals surface area contributed by atoms with Crippen LogP contribution in [0.3, 0.4) is 0 Å². The first kappa shape index (κ1) is 24.8. The molecule has 2 aromatic rings. The highest BCUT2D eigenvalue weighted by atomic mass is 16.5. The van der Waals surface area contributed by atoms with Gasteiger partial charge in [-0.15, -0.1) is 0 Å². The second-order valence-electron chi connectivity index (χ2n) is 9.55. The molecule has 1 saturated heterocycles. The highest BCUT2D eigenvalue weighted by molar-refractivity contribution is 5.94. The number of ether oxygens (including phenoxy) is 1. The van der Waals surface area contributed by atoms with Crippen molar-refractivity contribution in [3.63, 3.8) is 0 Å². The maximum absolute atomic E-state index is 12.7. The highest BCUT2D eigenvalue weighted by Gasteiger charge is 2.17. The number of aryl methyl sites for hydroxylation is 1. The van der Waals surface area contributed by atoms with Crippen molar-refractivity contribution < 1.29 is 14.3 Å². The van der Waals surface area contributed by atoms with E-state index in [1.807, 2.05) is 31.2 Å². The average molecular weight is 452 g/mol. The fourth-order valence-electron chi connectivity index (χ4n) is 3.91. The first-order chi connectivity index (χ1) is 15.8. The van der Waals surface area contributed by atoms with Crippen LogP contribution in [0.4, 0.5) is 11.4 Å². The number of carbonyl (C=O) groups is 2. The summed E-state index contributed by atoms with van der Waals surface area (Å²) in [6, 6.07) is 16.3. The third-order valence-corrected chi connectivity index (χ3v) is 6.04. The number of nitrogens with zero attached hydrogens (tertiary/aromatic N) is 2. The molecule has 6 nitrogen and oxygen atoms in total. The fourth-order valence-corrected chi connectivity index (χ4v) is 3.91. The zero-order chi connectivity index (χ0) is 23.8. The van der Waals surface area contributed by atoms with Crippen LogP contribution in [0, 0.1) is 0 Å². The number of likely N-dealkylation sites (N-methyl/N-ethyl adjacent to an activating group) is 1. The molecule has 0 radical (unpaired) electrons. The Balaban J connectivity index is 1.48. The lowest BCUT2D eigenvalue weighted by atomic mass is 9.86. The van der Waals surface area contributed by atoms with Gasteiger partial charge in [0.25, 0.3) is 0 Å². The zero-order valence-corrected chi connectivity index (χ0v) is 20.4. The van der Waals surface area contributed by atoms with Gasteiger partial charge in [-0.2, -0.15) is 0 Å². The quantitative estimate of drug-likeness (QED) is 0.652. The van der Waals surface area contributed by atoms with Crippen LogP contribution in [0.5, 0.6) is 0 Å². The summed E-state index contributed by atoms with van der Waals surface area (Å²) >= 11 is 0. The van der Waals surface area contributed by atoms with Crippen molar-refractivity contribution in [2.75, 3.05) is 49.6 Å². The van der Waals surface area contributed by atoms with Crippen molar-refractivity contribution in [3.05, 3.63) is 59.7 Å². The number of hydrogen-bond acceptors (Lipinski definition) is 4. The van der Waals surface area contributed by atoms with Crippen LogP contribution in [0.1, 0.15) is 45.2 Å². The van der Waals surface area contributed by atoms with Crippen LogP contribution in [-0.2, 0) is 26.2 Å². The van der Waals surface area contributed by atoms with Gasteiger partial charge in [0.1, 0.15) is 0 Å². The van der Waals surface area contributed by atoms with E-state index in [9.17, 15) is 9.59 Å². The second kappa shape index (κ2) is 11.3. The van der Waals surface area contributed by atoms with E-state index >= 15 is 0 Å². The van der Waals surface area contributed by atoms with Crippen molar-refractivity contribution in [2.24, 2.45) is 0 Å². The Bertz CT molecular complexity index is 911. The molecule has 0 saturated carbocycles. The Labute approximate surface area is 197 Å². The Morgan fingerprint density at radius 3 is 2.21 bits per heavy atom. The lowest BCUT2D eigenvalue weighted by Gasteiger charge is -2.29. The molecule has 2 amide bonds. The van der Waals surface area contributed by atoms with Gasteiger partial charge in [0.05, 0.1) is 19.8 Å². The smallest absolute Gasteiger partial charge is 0.243 e. The van der Waals surface area contributed by atoms with Gasteiger partial charge in [-0.3, -0.25) is 9.59 Å². The molecule has 178 valence electrons. The first-order valence-electron chi connectivity index (χ1n) is 11.9. The Morgan fingerprint density at radius 2 is 1.64 bits per heavy atom. The predicted octanol–water partition coefficient (Wildman–Crippen LogP) is 4.24. The molecule has 0 atom stereocenters. The molecule has 0 aliphatic carbocycles. The minimum absolute atomic E-state index is 0.00443. The molecule has 1 aliphatic rings. The van der Waals surface area contributed by atoms with Crippen molar-refractivity contribution in [1.29, 1.82) is 0 Å². The number of rotatable bonds is 8. The van der Waals surface area contributed by atoms with Gasteiger partial charge in [-0.05, 0) is 54.2 Å². The summed E-state index contributed by atoms with van der Waals surface area (Å²) in [5.74, 6) is -0.186. The molecule has 0 bridgehead atoms. The minimum Gasteiger partial charge on any atom is -0.378 e. The van der Waals surface area contributed by atoms with Gasteiger partial charge in [0.2, 0.25) is 11.8 Å². The Kier molecular flexibility index (Phi) is 8.50. The van der Waals surface area contributed by atoms with Gasteiger partial charge < -0.3 is 19.9 Å². The molecule has 0 spiro atoms. The zero-order valence-electron chi connectivity index (χ0n) is 20.4. The average Bonchev–Trinajstić information content (AvgIpc) is 2.81. The van der Waals surface area contributed by atoms with E-state index in [2.05, 4.69) is 55.3 Å². The number of hydrogen-bond donors (Lipinski definition) is 1. The lowest BCUT2D eigenvalue weighted by molar-refractivity contribution is -0.134. The van der Waals surface area contributed by atoms with E-state index in [-0.39, 0.29) is 23.8 Å². The van der Waals surface area contributed by atoms with E-state index in [1.165, 1.54) is 5.56 Å². The third-order valence-electron chi connectivity index (χ3n) is 6.04. The van der Waals surface area contributed by atoms with Crippen molar-refractivity contribution in [3.8, 4) is 0 Å². The largest absolute Gasteiger partial charge is 0.378 e. The van der Waals surface area contributed by atoms with Gasteiger partial charge in [-0.1, -0.05) is 45.0 Å². The van der Waals surface area contributed by atoms with Crippen molar-refractivity contribution >= 4 is 23.2 Å². The summed E-state index contributed by atoms with van der Waals surface area (Å²) in [4.78, 5) is 29.1. The molecular weight excluding hydrogens is 414 g/mol. The summed E-state index contributed by atoms with van der Waals surface area (Å²) in [7, 11) is 0. The summed E-state index contributed by atoms with van der Waals surface area (Å²) in [6.45, 7) is 12.3. The van der Waals surface area contributed by atoms with Gasteiger partial charge in [0.15, 0.2) is 0 Å².